The lowest BCUT2D eigenvalue weighted by Crippen LogP contribution is -2.42. The van der Waals surface area contributed by atoms with Gasteiger partial charge in [0.2, 0.25) is 5.91 Å². The minimum absolute atomic E-state index is 0.0562. The average molecular weight is 219 g/mol. The van der Waals surface area contributed by atoms with E-state index in [0.717, 1.165) is 18.7 Å². The normalized spacial score (nSPS) is 18.2. The van der Waals surface area contributed by atoms with Crippen LogP contribution in [0.3, 0.4) is 0 Å². The molecule has 1 amide bonds. The van der Waals surface area contributed by atoms with Crippen LogP contribution < -0.4 is 0 Å². The molecule has 0 saturated carbocycles. The smallest absolute Gasteiger partial charge is 0.229 e. The second-order valence-electron chi connectivity index (χ2n) is 4.07. The Morgan fingerprint density at radius 2 is 1.88 bits per heavy atom. The van der Waals surface area contributed by atoms with Gasteiger partial charge in [-0.05, 0) is 12.5 Å². The second-order valence-corrected chi connectivity index (χ2v) is 4.07. The van der Waals surface area contributed by atoms with Gasteiger partial charge in [-0.1, -0.05) is 30.3 Å². The molecule has 16 heavy (non-hydrogen) atoms. The molecule has 1 atom stereocenters. The van der Waals surface area contributed by atoms with E-state index in [9.17, 15) is 4.79 Å². The molecule has 86 valence electrons. The number of ether oxygens (including phenoxy) is 1. The third kappa shape index (κ3) is 2.42. The summed E-state index contributed by atoms with van der Waals surface area (Å²) in [4.78, 5) is 14.1. The van der Waals surface area contributed by atoms with E-state index in [4.69, 9.17) is 4.74 Å². The van der Waals surface area contributed by atoms with Gasteiger partial charge in [0.1, 0.15) is 0 Å². The van der Waals surface area contributed by atoms with Gasteiger partial charge in [0, 0.05) is 13.1 Å². The molecule has 1 aliphatic heterocycles. The highest BCUT2D eigenvalue weighted by molar-refractivity contribution is 5.83. The van der Waals surface area contributed by atoms with E-state index in [0.29, 0.717) is 13.2 Å². The van der Waals surface area contributed by atoms with Gasteiger partial charge in [0.15, 0.2) is 0 Å². The molecule has 0 unspecified atom stereocenters. The van der Waals surface area contributed by atoms with Crippen molar-refractivity contribution in [3.63, 3.8) is 0 Å². The van der Waals surface area contributed by atoms with E-state index < -0.39 is 0 Å². The highest BCUT2D eigenvalue weighted by atomic mass is 16.5. The van der Waals surface area contributed by atoms with E-state index in [1.54, 1.807) is 0 Å². The van der Waals surface area contributed by atoms with Gasteiger partial charge in [0.25, 0.3) is 0 Å². The zero-order chi connectivity index (χ0) is 11.4. The number of amides is 1. The molecule has 1 aromatic carbocycles. The lowest BCUT2D eigenvalue weighted by molar-refractivity contribution is -0.136. The van der Waals surface area contributed by atoms with Crippen LogP contribution >= 0.6 is 0 Å². The first-order valence-corrected chi connectivity index (χ1v) is 5.70. The highest BCUT2D eigenvalue weighted by Gasteiger charge is 2.23. The number of carbonyl (C=O) groups excluding carboxylic acids is 1. The fourth-order valence-corrected chi connectivity index (χ4v) is 1.94. The molecule has 2 rings (SSSR count). The number of hydrogen-bond acceptors (Lipinski definition) is 2. The number of carbonyl (C=O) groups is 1. The van der Waals surface area contributed by atoms with Gasteiger partial charge < -0.3 is 9.64 Å². The Balaban J connectivity index is 2.04. The van der Waals surface area contributed by atoms with Gasteiger partial charge in [-0.2, -0.15) is 0 Å². The quantitative estimate of drug-likeness (QED) is 0.757. The summed E-state index contributed by atoms with van der Waals surface area (Å²) >= 11 is 0. The van der Waals surface area contributed by atoms with Gasteiger partial charge in [0.05, 0.1) is 19.1 Å². The van der Waals surface area contributed by atoms with Crippen molar-refractivity contribution in [1.29, 1.82) is 0 Å². The fourth-order valence-electron chi connectivity index (χ4n) is 1.94. The molecule has 1 fully saturated rings. The minimum atomic E-state index is -0.0562. The van der Waals surface area contributed by atoms with E-state index >= 15 is 0 Å². The summed E-state index contributed by atoms with van der Waals surface area (Å²) < 4.78 is 5.24. The summed E-state index contributed by atoms with van der Waals surface area (Å²) in [6, 6.07) is 9.91. The maximum absolute atomic E-state index is 12.2. The largest absolute Gasteiger partial charge is 0.378 e. The fraction of sp³-hybridized carbons (Fsp3) is 0.462. The standard InChI is InChI=1S/C13H17NO2/c1-11(12-5-3-2-4-6-12)13(15)14-7-9-16-10-8-14/h2-6,11H,7-10H2,1H3/t11-/m0/s1. The Labute approximate surface area is 96.0 Å². The van der Waals surface area contributed by atoms with E-state index in [2.05, 4.69) is 0 Å². The molecular weight excluding hydrogens is 202 g/mol. The van der Waals surface area contributed by atoms with Crippen molar-refractivity contribution < 1.29 is 9.53 Å². The SMILES string of the molecule is C[C@H](C(=O)N1CCOCC1)c1ccccc1. The molecule has 0 radical (unpaired) electrons. The summed E-state index contributed by atoms with van der Waals surface area (Å²) in [5.41, 5.74) is 1.08. The molecule has 0 aliphatic carbocycles. The van der Waals surface area contributed by atoms with E-state index in [1.807, 2.05) is 42.2 Å². The van der Waals surface area contributed by atoms with E-state index in [-0.39, 0.29) is 11.8 Å². The molecule has 1 aliphatic rings. The van der Waals surface area contributed by atoms with Gasteiger partial charge in [-0.15, -0.1) is 0 Å². The first-order chi connectivity index (χ1) is 7.79. The zero-order valence-electron chi connectivity index (χ0n) is 9.56. The number of rotatable bonds is 2. The summed E-state index contributed by atoms with van der Waals surface area (Å²) in [5, 5.41) is 0. The summed E-state index contributed by atoms with van der Waals surface area (Å²) in [6.45, 7) is 4.72. The Morgan fingerprint density at radius 1 is 1.25 bits per heavy atom. The molecule has 0 aromatic heterocycles. The highest BCUT2D eigenvalue weighted by Crippen LogP contribution is 2.18. The first-order valence-electron chi connectivity index (χ1n) is 5.70. The maximum Gasteiger partial charge on any atom is 0.229 e. The predicted molar refractivity (Wildman–Crippen MR) is 62.3 cm³/mol. The number of hydrogen-bond donors (Lipinski definition) is 0. The first kappa shape index (κ1) is 11.1. The van der Waals surface area contributed by atoms with Gasteiger partial charge in [-0.3, -0.25) is 4.79 Å². The topological polar surface area (TPSA) is 29.5 Å². The molecule has 0 spiro atoms. The van der Waals surface area contributed by atoms with Crippen LogP contribution in [0.25, 0.3) is 0 Å². The van der Waals surface area contributed by atoms with Crippen LogP contribution in [0.5, 0.6) is 0 Å². The van der Waals surface area contributed by atoms with Crippen LogP contribution in [0, 0.1) is 0 Å². The zero-order valence-corrected chi connectivity index (χ0v) is 9.56. The summed E-state index contributed by atoms with van der Waals surface area (Å²) in [5.74, 6) is 0.147. The van der Waals surface area contributed by atoms with Crippen molar-refractivity contribution in [3.05, 3.63) is 35.9 Å². The van der Waals surface area contributed by atoms with E-state index in [1.165, 1.54) is 0 Å². The Hall–Kier alpha value is -1.35. The van der Waals surface area contributed by atoms with Gasteiger partial charge >= 0.3 is 0 Å². The molecule has 1 aromatic rings. The number of benzene rings is 1. The predicted octanol–water partition coefficient (Wildman–Crippen LogP) is 1.65. The van der Waals surface area contributed by atoms with Crippen LogP contribution in [0.4, 0.5) is 0 Å². The lowest BCUT2D eigenvalue weighted by Gasteiger charge is -2.29. The van der Waals surface area contributed by atoms with Crippen molar-refractivity contribution in [2.24, 2.45) is 0 Å². The molecule has 1 saturated heterocycles. The van der Waals surface area contributed by atoms with Crippen molar-refractivity contribution in [2.75, 3.05) is 26.3 Å². The molecule has 0 N–H and O–H groups in total. The van der Waals surface area contributed by atoms with Crippen molar-refractivity contribution >= 4 is 5.91 Å². The van der Waals surface area contributed by atoms with Crippen molar-refractivity contribution in [2.45, 2.75) is 12.8 Å². The Bertz CT molecular complexity index is 344. The molecular formula is C13H17NO2. The van der Waals surface area contributed by atoms with Gasteiger partial charge in [-0.25, -0.2) is 0 Å². The van der Waals surface area contributed by atoms with Crippen LogP contribution in [0.15, 0.2) is 30.3 Å². The number of nitrogens with zero attached hydrogens (tertiary/aromatic N) is 1. The molecule has 1 heterocycles. The monoisotopic (exact) mass is 219 g/mol. The van der Waals surface area contributed by atoms with Crippen molar-refractivity contribution in [1.82, 2.24) is 4.90 Å². The Kier molecular flexibility index (Phi) is 3.57. The third-order valence-electron chi connectivity index (χ3n) is 2.99. The van der Waals surface area contributed by atoms with Crippen LogP contribution in [-0.4, -0.2) is 37.1 Å². The Morgan fingerprint density at radius 3 is 2.50 bits per heavy atom. The van der Waals surface area contributed by atoms with Crippen molar-refractivity contribution in [3.8, 4) is 0 Å². The molecule has 0 bridgehead atoms. The number of morpholine rings is 1. The minimum Gasteiger partial charge on any atom is -0.378 e. The van der Waals surface area contributed by atoms with Crippen LogP contribution in [0.1, 0.15) is 18.4 Å². The lowest BCUT2D eigenvalue weighted by atomic mass is 10.00. The third-order valence-corrected chi connectivity index (χ3v) is 2.99. The van der Waals surface area contributed by atoms with Crippen LogP contribution in [-0.2, 0) is 9.53 Å². The average Bonchev–Trinajstić information content (AvgIpc) is 2.39. The second kappa shape index (κ2) is 5.12. The molecule has 3 heteroatoms. The summed E-state index contributed by atoms with van der Waals surface area (Å²) in [6.07, 6.45) is 0. The maximum atomic E-state index is 12.2. The summed E-state index contributed by atoms with van der Waals surface area (Å²) in [7, 11) is 0. The molecule has 3 nitrogen and oxygen atoms in total. The van der Waals surface area contributed by atoms with Crippen LogP contribution in [0.2, 0.25) is 0 Å².